The monoisotopic (exact) mass is 1060 g/mol. The van der Waals surface area contributed by atoms with Crippen molar-refractivity contribution in [3.05, 3.63) is 125 Å². The number of nitrogens with one attached hydrogen (secondary N) is 2. The maximum atomic E-state index is 13.8. The molecule has 5 fully saturated rings. The predicted molar refractivity (Wildman–Crippen MR) is 284 cm³/mol. The number of esters is 2. The van der Waals surface area contributed by atoms with Crippen LogP contribution in [0.3, 0.4) is 0 Å². The molecule has 15 heteroatoms. The first-order valence-electron chi connectivity index (χ1n) is 27.1. The van der Waals surface area contributed by atoms with Crippen LogP contribution in [0.5, 0.6) is 17.2 Å². The molecule has 13 nitrogen and oxygen atoms in total. The first-order chi connectivity index (χ1) is 36.1. The molecule has 3 aliphatic carbocycles. The van der Waals surface area contributed by atoms with E-state index in [1.807, 2.05) is 104 Å². The van der Waals surface area contributed by atoms with Gasteiger partial charge in [0.2, 0.25) is 0 Å². The summed E-state index contributed by atoms with van der Waals surface area (Å²) in [6.07, 6.45) is 5.91. The van der Waals surface area contributed by atoms with Gasteiger partial charge in [0.15, 0.2) is 13.6 Å². The smallest absolute Gasteiger partial charge is 0.338 e. The third kappa shape index (κ3) is 13.6. The Kier molecular flexibility index (Phi) is 19.1. The van der Waals surface area contributed by atoms with Crippen molar-refractivity contribution >= 4 is 35.1 Å². The van der Waals surface area contributed by atoms with Gasteiger partial charge in [0.1, 0.15) is 41.7 Å². The number of carbonyl (C=O) groups excluding carboxylic acids is 2. The number of morpholine rings is 2. The fourth-order valence-electron chi connectivity index (χ4n) is 11.0. The maximum absolute atomic E-state index is 13.8. The third-order valence-corrected chi connectivity index (χ3v) is 16.3. The molecule has 74 heavy (non-hydrogen) atoms. The van der Waals surface area contributed by atoms with Crippen molar-refractivity contribution in [2.45, 2.75) is 188 Å². The van der Waals surface area contributed by atoms with Crippen molar-refractivity contribution in [2.75, 3.05) is 20.2 Å². The zero-order valence-corrected chi connectivity index (χ0v) is 44.7. The molecule has 14 unspecified atom stereocenters. The van der Waals surface area contributed by atoms with E-state index in [-0.39, 0.29) is 50.0 Å². The van der Waals surface area contributed by atoms with Gasteiger partial charge in [0.25, 0.3) is 0 Å². The third-order valence-electron chi connectivity index (χ3n) is 15.3. The van der Waals surface area contributed by atoms with Crippen molar-refractivity contribution in [3.8, 4) is 17.2 Å². The van der Waals surface area contributed by atoms with Gasteiger partial charge in [-0.15, -0.1) is 23.2 Å². The van der Waals surface area contributed by atoms with Crippen LogP contribution in [0.2, 0.25) is 0 Å². The van der Waals surface area contributed by atoms with Gasteiger partial charge in [-0.1, -0.05) is 82.0 Å². The maximum Gasteiger partial charge on any atom is 0.338 e. The summed E-state index contributed by atoms with van der Waals surface area (Å²) in [5, 5.41) is 6.55. The number of hydrogen-bond acceptors (Lipinski definition) is 13. The molecule has 2 N–H and O–H groups in total. The number of fused-ring (bicyclic) bond motifs is 4. The molecule has 14 atom stereocenters. The van der Waals surface area contributed by atoms with Gasteiger partial charge in [-0.2, -0.15) is 0 Å². The second-order valence-electron chi connectivity index (χ2n) is 20.6. The SMILES string of the molecule is CCCCOc1ccc(OCOC2CC3NC4C(Cl)C5OC6CC(OC(=O)c7ccc(CCCC)cc7)C(OCOc7ccc(C)cc7)CC6NC5C(Cl)C4OC3CC2OC(=O)c2ccc(CCCC)cc2)cc1. The van der Waals surface area contributed by atoms with Crippen LogP contribution >= 0.6 is 23.2 Å². The zero-order valence-electron chi connectivity index (χ0n) is 43.2. The van der Waals surface area contributed by atoms with Crippen LogP contribution in [-0.2, 0) is 41.3 Å². The molecule has 4 aromatic rings. The van der Waals surface area contributed by atoms with Gasteiger partial charge in [0, 0.05) is 24.9 Å². The Labute approximate surface area is 446 Å². The second-order valence-corrected chi connectivity index (χ2v) is 21.6. The molecule has 5 aliphatic rings. The molecular formula is C59H74Cl2N2O11. The molecule has 0 spiro atoms. The number of halogens is 2. The fraction of sp³-hybridized carbons (Fsp3) is 0.559. The fourth-order valence-corrected chi connectivity index (χ4v) is 11.8. The van der Waals surface area contributed by atoms with Crippen LogP contribution in [0.25, 0.3) is 0 Å². The normalized spacial score (nSPS) is 30.1. The van der Waals surface area contributed by atoms with E-state index < -0.39 is 59.3 Å². The van der Waals surface area contributed by atoms with Gasteiger partial charge in [-0.3, -0.25) is 0 Å². The van der Waals surface area contributed by atoms with Gasteiger partial charge in [-0.25, -0.2) is 9.59 Å². The number of unbranched alkanes of at least 4 members (excludes halogenated alkanes) is 3. The first-order valence-corrected chi connectivity index (χ1v) is 27.9. The van der Waals surface area contributed by atoms with Crippen LogP contribution in [0.1, 0.15) is 122 Å². The summed E-state index contributed by atoms with van der Waals surface area (Å²) in [5.74, 6) is 1.24. The van der Waals surface area contributed by atoms with Crippen LogP contribution in [0.4, 0.5) is 0 Å². The Morgan fingerprint density at radius 3 is 1.35 bits per heavy atom. The molecule has 2 heterocycles. The quantitative estimate of drug-likeness (QED) is 0.0334. The van der Waals surface area contributed by atoms with Crippen molar-refractivity contribution < 1.29 is 52.2 Å². The van der Waals surface area contributed by atoms with Crippen molar-refractivity contribution in [2.24, 2.45) is 0 Å². The first kappa shape index (κ1) is 54.4. The number of benzene rings is 4. The highest BCUT2D eigenvalue weighted by atomic mass is 35.5. The summed E-state index contributed by atoms with van der Waals surface area (Å²) in [4.78, 5) is 27.6. The van der Waals surface area contributed by atoms with Crippen LogP contribution in [-0.4, -0.2) is 116 Å². The number of ether oxygens (including phenoxy) is 9. The Morgan fingerprint density at radius 2 is 0.932 bits per heavy atom. The average Bonchev–Trinajstić information content (AvgIpc) is 3.42. The number of alkyl halides is 2. The molecule has 2 aliphatic heterocycles. The average molecular weight is 1060 g/mol. The van der Waals surface area contributed by atoms with Gasteiger partial charge in [0.05, 0.1) is 65.0 Å². The van der Waals surface area contributed by atoms with E-state index in [0.717, 1.165) is 62.7 Å². The lowest BCUT2D eigenvalue weighted by Gasteiger charge is -2.58. The minimum Gasteiger partial charge on any atom is -0.494 e. The molecule has 0 amide bonds. The van der Waals surface area contributed by atoms with Gasteiger partial charge in [-0.05, 0) is 124 Å². The standard InChI is InChI=1S/C59H74Cl2N2O11/c1-5-8-11-37-15-19-39(20-16-37)58(64)73-50-32-46-44(30-48(50)69-34-67-42-23-13-36(4)14-24-42)62-54-52(60)57-55(53(61)56(54)71-46)63-45-31-49(70-35-68-43-27-25-41(26-28-43)66-29-10-7-3)51(33-47(45)72-57)74-59(65)40-21-17-38(18-22-40)12-9-6-2/h13-28,44-57,62-63H,5-12,29-35H2,1-4H3. The van der Waals surface area contributed by atoms with E-state index in [0.29, 0.717) is 54.9 Å². The Hall–Kier alpha value is -4.44. The molecule has 9 rings (SSSR count). The minimum absolute atomic E-state index is 0.0324. The second kappa shape index (κ2) is 26.1. The van der Waals surface area contributed by atoms with Gasteiger partial charge < -0.3 is 53.3 Å². The number of aryl methyl sites for hydroxylation is 3. The van der Waals surface area contributed by atoms with Crippen molar-refractivity contribution in [1.82, 2.24) is 10.6 Å². The number of hydrogen-bond donors (Lipinski definition) is 2. The summed E-state index contributed by atoms with van der Waals surface area (Å²) in [6.45, 7) is 9.04. The van der Waals surface area contributed by atoms with Crippen molar-refractivity contribution in [3.63, 3.8) is 0 Å². The van der Waals surface area contributed by atoms with Crippen LogP contribution < -0.4 is 24.8 Å². The Bertz CT molecular complexity index is 2400. The lowest BCUT2D eigenvalue weighted by atomic mass is 9.77. The Morgan fingerprint density at radius 1 is 0.527 bits per heavy atom. The molecule has 4 aromatic carbocycles. The van der Waals surface area contributed by atoms with E-state index in [2.05, 4.69) is 31.4 Å². The van der Waals surface area contributed by atoms with Crippen LogP contribution in [0.15, 0.2) is 97.1 Å². The van der Waals surface area contributed by atoms with Crippen molar-refractivity contribution in [1.29, 1.82) is 0 Å². The highest BCUT2D eigenvalue weighted by molar-refractivity contribution is 6.24. The largest absolute Gasteiger partial charge is 0.494 e. The zero-order chi connectivity index (χ0) is 51.6. The molecule has 400 valence electrons. The summed E-state index contributed by atoms with van der Waals surface area (Å²) >= 11 is 15.0. The highest BCUT2D eigenvalue weighted by Crippen LogP contribution is 2.44. The number of rotatable bonds is 22. The van der Waals surface area contributed by atoms with E-state index in [1.165, 1.54) is 11.1 Å². The predicted octanol–water partition coefficient (Wildman–Crippen LogP) is 10.5. The van der Waals surface area contributed by atoms with E-state index in [1.54, 1.807) is 0 Å². The van der Waals surface area contributed by atoms with E-state index >= 15 is 0 Å². The van der Waals surface area contributed by atoms with E-state index in [9.17, 15) is 9.59 Å². The summed E-state index contributed by atoms with van der Waals surface area (Å²) in [6, 6.07) is 29.4. The highest BCUT2D eigenvalue weighted by Gasteiger charge is 2.60. The summed E-state index contributed by atoms with van der Waals surface area (Å²) < 4.78 is 57.4. The molecule has 3 saturated carbocycles. The lowest BCUT2D eigenvalue weighted by molar-refractivity contribution is -0.205. The molecular weight excluding hydrogens is 984 g/mol. The summed E-state index contributed by atoms with van der Waals surface area (Å²) in [5.41, 5.74) is 4.44. The molecule has 0 radical (unpaired) electrons. The number of carbonyl (C=O) groups is 2. The molecule has 2 saturated heterocycles. The Balaban J connectivity index is 0.877. The molecule has 0 bridgehead atoms. The van der Waals surface area contributed by atoms with Gasteiger partial charge >= 0.3 is 11.9 Å². The minimum atomic E-state index is -0.644. The van der Waals surface area contributed by atoms with Crippen LogP contribution in [0, 0.1) is 6.92 Å². The lowest BCUT2D eigenvalue weighted by Crippen LogP contribution is -2.78. The summed E-state index contributed by atoms with van der Waals surface area (Å²) in [7, 11) is 0. The molecule has 0 aromatic heterocycles. The van der Waals surface area contributed by atoms with E-state index in [4.69, 9.17) is 65.8 Å². The topological polar surface area (TPSA) is 141 Å².